The number of aromatic nitrogens is 3. The molecular weight excluding hydrogens is 354 g/mol. The summed E-state index contributed by atoms with van der Waals surface area (Å²) in [7, 11) is 0. The number of H-pyrrole nitrogens is 1. The zero-order valence-corrected chi connectivity index (χ0v) is 16.2. The quantitative estimate of drug-likeness (QED) is 0.752. The highest BCUT2D eigenvalue weighted by molar-refractivity contribution is 5.88. The van der Waals surface area contributed by atoms with Crippen LogP contribution in [0.25, 0.3) is 11.0 Å². The van der Waals surface area contributed by atoms with Gasteiger partial charge in [-0.05, 0) is 49.4 Å². The molecule has 3 heterocycles. The van der Waals surface area contributed by atoms with Crippen molar-refractivity contribution in [1.82, 2.24) is 25.0 Å². The fraction of sp³-hybridized carbons (Fsp3) is 0.476. The van der Waals surface area contributed by atoms with Gasteiger partial charge in [0.2, 0.25) is 5.91 Å². The van der Waals surface area contributed by atoms with Crippen molar-refractivity contribution in [2.75, 3.05) is 26.2 Å². The number of hydrogen-bond donors (Lipinski definition) is 1. The summed E-state index contributed by atoms with van der Waals surface area (Å²) in [5, 5.41) is 8.18. The number of carbonyl (C=O) groups is 1. The van der Waals surface area contributed by atoms with Gasteiger partial charge in [0.05, 0.1) is 19.2 Å². The number of hydrogen-bond acceptors (Lipinski definition) is 5. The minimum Gasteiger partial charge on any atom is -0.464 e. The van der Waals surface area contributed by atoms with Crippen LogP contribution in [-0.2, 0) is 30.6 Å². The smallest absolute Gasteiger partial charge is 0.227 e. The van der Waals surface area contributed by atoms with Crippen molar-refractivity contribution < 1.29 is 9.21 Å². The molecule has 3 aromatic rings. The number of benzene rings is 1. The van der Waals surface area contributed by atoms with Crippen LogP contribution in [0.4, 0.5) is 0 Å². The van der Waals surface area contributed by atoms with E-state index in [2.05, 4.69) is 32.2 Å². The molecule has 1 saturated heterocycles. The molecule has 2 aliphatic rings. The molecule has 0 unspecified atom stereocenters. The van der Waals surface area contributed by atoms with E-state index >= 15 is 0 Å². The first-order chi connectivity index (χ1) is 13.7. The molecule has 5 rings (SSSR count). The number of amides is 1. The van der Waals surface area contributed by atoms with E-state index in [4.69, 9.17) is 4.42 Å². The summed E-state index contributed by atoms with van der Waals surface area (Å²) in [5.74, 6) is 1.83. The van der Waals surface area contributed by atoms with Gasteiger partial charge in [-0.1, -0.05) is 0 Å². The number of piperazine rings is 1. The second kappa shape index (κ2) is 7.05. The number of carbonyl (C=O) groups excluding carboxylic acids is 1. The molecule has 1 aromatic carbocycles. The van der Waals surface area contributed by atoms with Crippen LogP contribution in [-0.4, -0.2) is 57.1 Å². The first-order valence-electron chi connectivity index (χ1n) is 10.1. The average Bonchev–Trinajstić information content (AvgIpc) is 3.41. The largest absolute Gasteiger partial charge is 0.464 e. The van der Waals surface area contributed by atoms with Crippen LogP contribution in [0, 0.1) is 6.92 Å². The molecule has 1 amide bonds. The van der Waals surface area contributed by atoms with Gasteiger partial charge in [-0.25, -0.2) is 4.98 Å². The lowest BCUT2D eigenvalue weighted by atomic mass is 10.0. The van der Waals surface area contributed by atoms with Gasteiger partial charge in [0.15, 0.2) is 5.82 Å². The fourth-order valence-electron chi connectivity index (χ4n) is 4.37. The highest BCUT2D eigenvalue weighted by Gasteiger charge is 2.23. The van der Waals surface area contributed by atoms with Gasteiger partial charge in [-0.2, -0.15) is 5.10 Å². The summed E-state index contributed by atoms with van der Waals surface area (Å²) in [6.07, 6.45) is 5.66. The Balaban J connectivity index is 1.21. The number of fused-ring (bicyclic) bond motifs is 2. The van der Waals surface area contributed by atoms with Gasteiger partial charge in [0.1, 0.15) is 11.4 Å². The van der Waals surface area contributed by atoms with E-state index < -0.39 is 0 Å². The Bertz CT molecular complexity index is 1010. The zero-order chi connectivity index (χ0) is 19.1. The SMILES string of the molecule is Cc1nc(CN2CCN(C(=O)Cc3coc4cc5c(cc34)CCC5)CC2)n[nH]1. The molecule has 28 heavy (non-hydrogen) atoms. The zero-order valence-electron chi connectivity index (χ0n) is 16.2. The molecule has 0 bridgehead atoms. The Morgan fingerprint density at radius 2 is 1.96 bits per heavy atom. The monoisotopic (exact) mass is 379 g/mol. The fourth-order valence-corrected chi connectivity index (χ4v) is 4.37. The van der Waals surface area contributed by atoms with Gasteiger partial charge in [0, 0.05) is 37.1 Å². The number of aryl methyl sites for hydroxylation is 3. The van der Waals surface area contributed by atoms with Crippen LogP contribution < -0.4 is 0 Å². The molecule has 0 radical (unpaired) electrons. The van der Waals surface area contributed by atoms with Gasteiger partial charge in [-0.3, -0.25) is 14.8 Å². The summed E-state index contributed by atoms with van der Waals surface area (Å²) in [4.78, 5) is 21.5. The Hall–Kier alpha value is -2.67. The van der Waals surface area contributed by atoms with Crippen LogP contribution in [0.3, 0.4) is 0 Å². The number of rotatable bonds is 4. The van der Waals surface area contributed by atoms with Gasteiger partial charge in [0.25, 0.3) is 0 Å². The standard InChI is InChI=1S/C21H25N5O2/c1-14-22-20(24-23-14)12-25-5-7-26(8-6-25)21(27)11-17-13-28-19-10-16-4-2-3-15(16)9-18(17)19/h9-10,13H,2-8,11-12H2,1H3,(H,22,23,24). The molecule has 1 fully saturated rings. The maximum absolute atomic E-state index is 12.8. The summed E-state index contributed by atoms with van der Waals surface area (Å²) in [6, 6.07) is 4.40. The average molecular weight is 379 g/mol. The Morgan fingerprint density at radius 3 is 2.71 bits per heavy atom. The van der Waals surface area contributed by atoms with E-state index in [1.807, 2.05) is 11.8 Å². The molecular formula is C21H25N5O2. The van der Waals surface area contributed by atoms with E-state index in [0.29, 0.717) is 6.42 Å². The third-order valence-electron chi connectivity index (χ3n) is 5.94. The molecule has 0 atom stereocenters. The molecule has 146 valence electrons. The summed E-state index contributed by atoms with van der Waals surface area (Å²) >= 11 is 0. The topological polar surface area (TPSA) is 78.3 Å². The minimum atomic E-state index is 0.177. The predicted molar refractivity (Wildman–Crippen MR) is 105 cm³/mol. The second-order valence-electron chi connectivity index (χ2n) is 7.90. The molecule has 0 saturated carbocycles. The number of nitrogens with zero attached hydrogens (tertiary/aromatic N) is 4. The molecule has 7 heteroatoms. The summed E-state index contributed by atoms with van der Waals surface area (Å²) < 4.78 is 5.75. The van der Waals surface area contributed by atoms with Crippen LogP contribution in [0.15, 0.2) is 22.8 Å². The van der Waals surface area contributed by atoms with E-state index in [1.165, 1.54) is 17.5 Å². The molecule has 1 aliphatic heterocycles. The first-order valence-corrected chi connectivity index (χ1v) is 10.1. The summed E-state index contributed by atoms with van der Waals surface area (Å²) in [5.41, 5.74) is 4.74. The number of aromatic amines is 1. The van der Waals surface area contributed by atoms with Crippen LogP contribution in [0.5, 0.6) is 0 Å². The van der Waals surface area contributed by atoms with Crippen molar-refractivity contribution in [3.8, 4) is 0 Å². The lowest BCUT2D eigenvalue weighted by molar-refractivity contribution is -0.132. The Kier molecular flexibility index (Phi) is 4.39. The highest BCUT2D eigenvalue weighted by atomic mass is 16.3. The normalized spacial score (nSPS) is 17.4. The molecule has 2 aromatic heterocycles. The van der Waals surface area contributed by atoms with E-state index in [9.17, 15) is 4.79 Å². The van der Waals surface area contributed by atoms with E-state index in [1.54, 1.807) is 6.26 Å². The number of nitrogens with one attached hydrogen (secondary N) is 1. The second-order valence-corrected chi connectivity index (χ2v) is 7.90. The van der Waals surface area contributed by atoms with Crippen LogP contribution in [0.2, 0.25) is 0 Å². The predicted octanol–water partition coefficient (Wildman–Crippen LogP) is 2.23. The Labute approximate surface area is 163 Å². The molecule has 1 N–H and O–H groups in total. The minimum absolute atomic E-state index is 0.177. The van der Waals surface area contributed by atoms with Crippen molar-refractivity contribution >= 4 is 16.9 Å². The van der Waals surface area contributed by atoms with E-state index in [-0.39, 0.29) is 5.91 Å². The maximum atomic E-state index is 12.8. The van der Waals surface area contributed by atoms with Crippen molar-refractivity contribution in [2.24, 2.45) is 0 Å². The number of furan rings is 1. The van der Waals surface area contributed by atoms with Gasteiger partial charge < -0.3 is 9.32 Å². The molecule has 0 spiro atoms. The van der Waals surface area contributed by atoms with Crippen molar-refractivity contribution in [3.05, 3.63) is 46.7 Å². The maximum Gasteiger partial charge on any atom is 0.227 e. The lowest BCUT2D eigenvalue weighted by Crippen LogP contribution is -2.48. The van der Waals surface area contributed by atoms with Crippen molar-refractivity contribution in [3.63, 3.8) is 0 Å². The van der Waals surface area contributed by atoms with Crippen LogP contribution in [0.1, 0.15) is 34.8 Å². The molecule has 1 aliphatic carbocycles. The highest BCUT2D eigenvalue weighted by Crippen LogP contribution is 2.30. The van der Waals surface area contributed by atoms with Crippen molar-refractivity contribution in [2.45, 2.75) is 39.2 Å². The Morgan fingerprint density at radius 1 is 1.18 bits per heavy atom. The van der Waals surface area contributed by atoms with Crippen LogP contribution >= 0.6 is 0 Å². The third kappa shape index (κ3) is 3.30. The summed E-state index contributed by atoms with van der Waals surface area (Å²) in [6.45, 7) is 5.81. The third-order valence-corrected chi connectivity index (χ3v) is 5.94. The van der Waals surface area contributed by atoms with Crippen molar-refractivity contribution in [1.29, 1.82) is 0 Å². The van der Waals surface area contributed by atoms with E-state index in [0.717, 1.165) is 73.7 Å². The molecule has 7 nitrogen and oxygen atoms in total. The van der Waals surface area contributed by atoms with Gasteiger partial charge in [-0.15, -0.1) is 0 Å². The lowest BCUT2D eigenvalue weighted by Gasteiger charge is -2.34. The van der Waals surface area contributed by atoms with Gasteiger partial charge >= 0.3 is 0 Å². The first kappa shape index (κ1) is 17.4.